The van der Waals surface area contributed by atoms with Gasteiger partial charge in [0.15, 0.2) is 27.3 Å². The highest BCUT2D eigenvalue weighted by atomic mass is 32.2. The average Bonchev–Trinajstić information content (AvgIpc) is 2.60. The summed E-state index contributed by atoms with van der Waals surface area (Å²) in [4.78, 5) is 4.35. The molecular weight excluding hydrogens is 404 g/mol. The Morgan fingerprint density at radius 2 is 1.90 bits per heavy atom. The number of ether oxygens (including phenoxy) is 2. The zero-order chi connectivity index (χ0) is 22.1. The minimum atomic E-state index is -3.27. The molecule has 0 amide bonds. The van der Waals surface area contributed by atoms with E-state index in [1.54, 1.807) is 45.9 Å². The lowest BCUT2D eigenvalue weighted by molar-refractivity contribution is -0.0520. The fourth-order valence-corrected chi connectivity index (χ4v) is 3.28. The first-order valence-electron chi connectivity index (χ1n) is 9.45. The van der Waals surface area contributed by atoms with E-state index in [0.29, 0.717) is 24.7 Å². The molecule has 0 saturated carbocycles. The van der Waals surface area contributed by atoms with Crippen LogP contribution in [0.2, 0.25) is 0 Å². The van der Waals surface area contributed by atoms with Crippen molar-refractivity contribution in [3.05, 3.63) is 23.8 Å². The summed E-state index contributed by atoms with van der Waals surface area (Å²) in [6, 6.07) is 4.84. The number of rotatable bonds is 10. The van der Waals surface area contributed by atoms with E-state index in [0.717, 1.165) is 0 Å². The summed E-state index contributed by atoms with van der Waals surface area (Å²) in [6.45, 7) is 6.64. The van der Waals surface area contributed by atoms with E-state index in [1.807, 2.05) is 6.92 Å². The minimum Gasteiger partial charge on any atom is -0.490 e. The highest BCUT2D eigenvalue weighted by Crippen LogP contribution is 2.33. The lowest BCUT2D eigenvalue weighted by atomic mass is 10.2. The summed E-state index contributed by atoms with van der Waals surface area (Å²) in [5.74, 6) is 0.482. The molecule has 0 heterocycles. The van der Waals surface area contributed by atoms with Gasteiger partial charge in [-0.25, -0.2) is 13.4 Å². The van der Waals surface area contributed by atoms with Crippen molar-refractivity contribution in [3.8, 4) is 11.5 Å². The van der Waals surface area contributed by atoms with Crippen molar-refractivity contribution in [3.63, 3.8) is 0 Å². The van der Waals surface area contributed by atoms with Crippen LogP contribution in [-0.4, -0.2) is 51.2 Å². The Labute approximate surface area is 171 Å². The first kappa shape index (κ1) is 24.9. The maximum Gasteiger partial charge on any atom is 0.387 e. The Hall–Kier alpha value is -2.10. The number of sulfone groups is 1. The van der Waals surface area contributed by atoms with Crippen LogP contribution in [0.3, 0.4) is 0 Å². The molecule has 0 bridgehead atoms. The third kappa shape index (κ3) is 8.04. The second-order valence-electron chi connectivity index (χ2n) is 7.11. The smallest absolute Gasteiger partial charge is 0.387 e. The molecule has 29 heavy (non-hydrogen) atoms. The van der Waals surface area contributed by atoms with Crippen molar-refractivity contribution in [2.75, 3.05) is 25.4 Å². The first-order valence-corrected chi connectivity index (χ1v) is 11.1. The van der Waals surface area contributed by atoms with Gasteiger partial charge in [-0.3, -0.25) is 0 Å². The predicted octanol–water partition coefficient (Wildman–Crippen LogP) is 2.96. The average molecular weight is 436 g/mol. The van der Waals surface area contributed by atoms with Gasteiger partial charge in [0, 0.05) is 18.7 Å². The fraction of sp³-hybridized carbons (Fsp3) is 0.632. The van der Waals surface area contributed by atoms with Crippen LogP contribution in [0, 0.1) is 0 Å². The topological polar surface area (TPSA) is 89.0 Å². The van der Waals surface area contributed by atoms with Gasteiger partial charge in [0.2, 0.25) is 0 Å². The van der Waals surface area contributed by atoms with E-state index < -0.39 is 21.2 Å². The Morgan fingerprint density at radius 1 is 1.21 bits per heavy atom. The molecular formula is C19H31F2N3O4S. The Morgan fingerprint density at radius 3 is 2.45 bits per heavy atom. The molecule has 2 N–H and O–H groups in total. The standard InChI is InChI=1S/C19H31F2N3O4S/c1-6-22-18(23-11-12-29(25,26)19(3,4)5)24-13-14-9-8-10-15(27-7-2)16(14)28-17(20)21/h8-10,17H,6-7,11-13H2,1-5H3,(H2,22,23,24). The summed E-state index contributed by atoms with van der Waals surface area (Å²) >= 11 is 0. The van der Waals surface area contributed by atoms with Gasteiger partial charge in [0.1, 0.15) is 0 Å². The summed E-state index contributed by atoms with van der Waals surface area (Å²) in [5, 5.41) is 5.96. The minimum absolute atomic E-state index is 0.0460. The summed E-state index contributed by atoms with van der Waals surface area (Å²) in [7, 11) is -3.27. The van der Waals surface area contributed by atoms with Gasteiger partial charge in [0.05, 0.1) is 23.7 Å². The normalized spacial score (nSPS) is 12.8. The molecule has 7 nitrogen and oxygen atoms in total. The predicted molar refractivity (Wildman–Crippen MR) is 111 cm³/mol. The number of nitrogens with zero attached hydrogens (tertiary/aromatic N) is 1. The molecule has 0 aromatic heterocycles. The maximum absolute atomic E-state index is 12.8. The molecule has 0 radical (unpaired) electrons. The van der Waals surface area contributed by atoms with Crippen molar-refractivity contribution >= 4 is 15.8 Å². The van der Waals surface area contributed by atoms with Crippen molar-refractivity contribution in [1.82, 2.24) is 10.6 Å². The highest BCUT2D eigenvalue weighted by Gasteiger charge is 2.28. The van der Waals surface area contributed by atoms with E-state index in [1.165, 1.54) is 0 Å². The van der Waals surface area contributed by atoms with Crippen molar-refractivity contribution in [2.24, 2.45) is 4.99 Å². The van der Waals surface area contributed by atoms with Crippen LogP contribution in [0.1, 0.15) is 40.2 Å². The summed E-state index contributed by atoms with van der Waals surface area (Å²) < 4.78 is 59.2. The Kier molecular flexibility index (Phi) is 9.61. The Bertz CT molecular complexity index is 778. The molecule has 0 aliphatic rings. The maximum atomic E-state index is 12.8. The van der Waals surface area contributed by atoms with E-state index in [2.05, 4.69) is 20.4 Å². The number of benzene rings is 1. The lowest BCUT2D eigenvalue weighted by Crippen LogP contribution is -2.41. The molecule has 0 spiro atoms. The second-order valence-corrected chi connectivity index (χ2v) is 9.97. The number of hydrogen-bond donors (Lipinski definition) is 2. The third-order valence-electron chi connectivity index (χ3n) is 3.92. The lowest BCUT2D eigenvalue weighted by Gasteiger charge is -2.20. The van der Waals surface area contributed by atoms with E-state index in [4.69, 9.17) is 4.74 Å². The van der Waals surface area contributed by atoms with Crippen molar-refractivity contribution < 1.29 is 26.7 Å². The third-order valence-corrected chi connectivity index (χ3v) is 6.52. The van der Waals surface area contributed by atoms with Crippen LogP contribution >= 0.6 is 0 Å². The van der Waals surface area contributed by atoms with Gasteiger partial charge in [-0.05, 0) is 40.7 Å². The number of nitrogens with one attached hydrogen (secondary N) is 2. The van der Waals surface area contributed by atoms with Crippen LogP contribution in [0.5, 0.6) is 11.5 Å². The molecule has 1 rings (SSSR count). The second kappa shape index (κ2) is 11.2. The van der Waals surface area contributed by atoms with Crippen LogP contribution in [-0.2, 0) is 16.4 Å². The van der Waals surface area contributed by atoms with Gasteiger partial charge < -0.3 is 20.1 Å². The van der Waals surface area contributed by atoms with Gasteiger partial charge >= 0.3 is 6.61 Å². The van der Waals surface area contributed by atoms with E-state index in [9.17, 15) is 17.2 Å². The van der Waals surface area contributed by atoms with Crippen LogP contribution in [0.4, 0.5) is 8.78 Å². The van der Waals surface area contributed by atoms with Crippen molar-refractivity contribution in [2.45, 2.75) is 52.5 Å². The van der Waals surface area contributed by atoms with Gasteiger partial charge in [-0.2, -0.15) is 8.78 Å². The molecule has 1 aromatic carbocycles. The molecule has 0 aliphatic carbocycles. The van der Waals surface area contributed by atoms with Gasteiger partial charge in [-0.15, -0.1) is 0 Å². The molecule has 0 aliphatic heterocycles. The molecule has 0 atom stereocenters. The van der Waals surface area contributed by atoms with Crippen LogP contribution in [0.15, 0.2) is 23.2 Å². The largest absolute Gasteiger partial charge is 0.490 e. The number of para-hydroxylation sites is 1. The van der Waals surface area contributed by atoms with Crippen LogP contribution < -0.4 is 20.1 Å². The summed E-state index contributed by atoms with van der Waals surface area (Å²) in [5.41, 5.74) is 0.427. The number of halogens is 2. The van der Waals surface area contributed by atoms with E-state index >= 15 is 0 Å². The monoisotopic (exact) mass is 435 g/mol. The highest BCUT2D eigenvalue weighted by molar-refractivity contribution is 7.92. The molecule has 0 fully saturated rings. The van der Waals surface area contributed by atoms with Crippen molar-refractivity contribution in [1.29, 1.82) is 0 Å². The molecule has 0 unspecified atom stereocenters. The zero-order valence-electron chi connectivity index (χ0n) is 17.6. The zero-order valence-corrected chi connectivity index (χ0v) is 18.4. The molecule has 0 saturated heterocycles. The SMILES string of the molecule is CCNC(=NCc1cccc(OCC)c1OC(F)F)NCCS(=O)(=O)C(C)(C)C. The molecule has 10 heteroatoms. The number of hydrogen-bond acceptors (Lipinski definition) is 5. The van der Waals surface area contributed by atoms with E-state index in [-0.39, 0.29) is 30.3 Å². The first-order chi connectivity index (χ1) is 13.5. The fourth-order valence-electron chi connectivity index (χ4n) is 2.29. The summed E-state index contributed by atoms with van der Waals surface area (Å²) in [6.07, 6.45) is 0. The number of aliphatic imine (C=N–C) groups is 1. The molecule has 1 aromatic rings. The van der Waals surface area contributed by atoms with Crippen LogP contribution in [0.25, 0.3) is 0 Å². The number of guanidine groups is 1. The van der Waals surface area contributed by atoms with Gasteiger partial charge in [-0.1, -0.05) is 12.1 Å². The molecule has 166 valence electrons. The Balaban J connectivity index is 2.94. The number of alkyl halides is 2. The quantitative estimate of drug-likeness (QED) is 0.434. The van der Waals surface area contributed by atoms with Gasteiger partial charge in [0.25, 0.3) is 0 Å².